The van der Waals surface area contributed by atoms with Gasteiger partial charge >= 0.3 is 0 Å². The normalized spacial score (nSPS) is 20.1. The van der Waals surface area contributed by atoms with Crippen LogP contribution in [0.15, 0.2) is 76.1 Å². The number of benzene rings is 1. The van der Waals surface area contributed by atoms with Gasteiger partial charge in [0.1, 0.15) is 0 Å². The first kappa shape index (κ1) is 18.4. The topological polar surface area (TPSA) is 75.6 Å². The van der Waals surface area contributed by atoms with Crippen molar-refractivity contribution in [1.82, 2.24) is 19.9 Å². The second-order valence-corrected chi connectivity index (χ2v) is 8.08. The molecule has 1 unspecified atom stereocenters. The van der Waals surface area contributed by atoms with E-state index in [2.05, 4.69) is 15.0 Å². The van der Waals surface area contributed by atoms with Gasteiger partial charge in [0.25, 0.3) is 5.91 Å². The van der Waals surface area contributed by atoms with Gasteiger partial charge in [-0.05, 0) is 41.5 Å². The van der Waals surface area contributed by atoms with Gasteiger partial charge in [-0.25, -0.2) is 0 Å². The van der Waals surface area contributed by atoms with Gasteiger partial charge in [-0.15, -0.1) is 0 Å². The summed E-state index contributed by atoms with van der Waals surface area (Å²) in [5.74, 6) is 0.728. The van der Waals surface area contributed by atoms with Gasteiger partial charge in [-0.3, -0.25) is 14.7 Å². The lowest BCUT2D eigenvalue weighted by atomic mass is 9.91. The van der Waals surface area contributed by atoms with Crippen LogP contribution in [-0.2, 0) is 12.2 Å². The molecule has 0 spiro atoms. The quantitative estimate of drug-likeness (QED) is 0.484. The first-order valence-corrected chi connectivity index (χ1v) is 10.3. The van der Waals surface area contributed by atoms with Crippen molar-refractivity contribution in [2.45, 2.75) is 12.2 Å². The summed E-state index contributed by atoms with van der Waals surface area (Å²) < 4.78 is 10.8. The van der Waals surface area contributed by atoms with Crippen LogP contribution in [0.25, 0.3) is 11.5 Å². The summed E-state index contributed by atoms with van der Waals surface area (Å²) in [6, 6.07) is 14.8. The fraction of sp³-hybridized carbons (Fsp3) is 0.174. The predicted octanol–water partition coefficient (Wildman–Crippen LogP) is 4.16. The Bertz CT molecular complexity index is 1270. The van der Waals surface area contributed by atoms with Crippen LogP contribution in [0.4, 0.5) is 0 Å². The number of nitrogens with zero attached hydrogens (tertiary/aromatic N) is 4. The summed E-state index contributed by atoms with van der Waals surface area (Å²) in [7, 11) is 0. The molecule has 2 aliphatic rings. The highest BCUT2D eigenvalue weighted by molar-refractivity contribution is 6.30. The smallest absolute Gasteiger partial charge is 0.278 e. The zero-order chi connectivity index (χ0) is 21.0. The summed E-state index contributed by atoms with van der Waals surface area (Å²) >= 11 is 6.17. The maximum Gasteiger partial charge on any atom is 0.278 e. The van der Waals surface area contributed by atoms with E-state index in [4.69, 9.17) is 20.5 Å². The lowest BCUT2D eigenvalue weighted by molar-refractivity contribution is 0.0397. The van der Waals surface area contributed by atoms with Crippen LogP contribution >= 0.6 is 11.6 Å². The number of aromatic nitrogens is 2. The molecule has 1 amide bonds. The zero-order valence-corrected chi connectivity index (χ0v) is 17.1. The van der Waals surface area contributed by atoms with Crippen LogP contribution in [0.2, 0.25) is 5.02 Å². The summed E-state index contributed by atoms with van der Waals surface area (Å²) in [6.07, 6.45) is 5.19. The van der Waals surface area contributed by atoms with Crippen molar-refractivity contribution in [2.24, 2.45) is 0 Å². The van der Waals surface area contributed by atoms with E-state index in [-0.39, 0.29) is 11.6 Å². The van der Waals surface area contributed by atoms with Crippen molar-refractivity contribution >= 4 is 17.5 Å². The standard InChI is InChI=1S/C23H17ClN4O3/c24-17-5-3-16(4-6-17)23-18-13-25-8-7-15(18)14-27(23)9-10-28(23)22(29)19-12-21(31-26-19)20-2-1-11-30-20/h1-8,11-13H,9-10,14H2. The third kappa shape index (κ3) is 2.60. The zero-order valence-electron chi connectivity index (χ0n) is 16.4. The van der Waals surface area contributed by atoms with Crippen molar-refractivity contribution < 1.29 is 13.7 Å². The Morgan fingerprint density at radius 1 is 1.10 bits per heavy atom. The van der Waals surface area contributed by atoms with Gasteiger partial charge in [0, 0.05) is 48.7 Å². The van der Waals surface area contributed by atoms with E-state index in [1.54, 1.807) is 30.7 Å². The minimum Gasteiger partial charge on any atom is -0.461 e. The molecule has 8 heteroatoms. The molecular formula is C23H17ClN4O3. The average molecular weight is 433 g/mol. The first-order valence-electron chi connectivity index (χ1n) is 9.95. The molecule has 2 aliphatic heterocycles. The van der Waals surface area contributed by atoms with Crippen molar-refractivity contribution in [3.8, 4) is 11.5 Å². The maximum atomic E-state index is 13.7. The van der Waals surface area contributed by atoms with E-state index < -0.39 is 5.66 Å². The Kier molecular flexibility index (Phi) is 4.03. The number of carbonyl (C=O) groups excluding carboxylic acids is 1. The Morgan fingerprint density at radius 2 is 1.97 bits per heavy atom. The molecule has 31 heavy (non-hydrogen) atoms. The van der Waals surface area contributed by atoms with Gasteiger partial charge < -0.3 is 13.8 Å². The molecule has 7 nitrogen and oxygen atoms in total. The molecule has 5 heterocycles. The van der Waals surface area contributed by atoms with Crippen LogP contribution in [0.3, 0.4) is 0 Å². The second kappa shape index (κ2) is 6.80. The minimum absolute atomic E-state index is 0.212. The Morgan fingerprint density at radius 3 is 2.77 bits per heavy atom. The molecule has 1 saturated heterocycles. The monoisotopic (exact) mass is 432 g/mol. The Hall–Kier alpha value is -3.42. The van der Waals surface area contributed by atoms with Crippen molar-refractivity contribution in [1.29, 1.82) is 0 Å². The second-order valence-electron chi connectivity index (χ2n) is 7.64. The molecule has 4 aromatic rings. The maximum absolute atomic E-state index is 13.7. The fourth-order valence-electron chi connectivity index (χ4n) is 4.78. The third-order valence-corrected chi connectivity index (χ3v) is 6.33. The summed E-state index contributed by atoms with van der Waals surface area (Å²) in [4.78, 5) is 22.3. The number of carbonyl (C=O) groups is 1. The molecule has 1 aromatic carbocycles. The van der Waals surface area contributed by atoms with E-state index in [0.29, 0.717) is 23.1 Å². The number of furan rings is 1. The highest BCUT2D eigenvalue weighted by Crippen LogP contribution is 2.50. The number of hydrogen-bond acceptors (Lipinski definition) is 6. The number of fused-ring (bicyclic) bond motifs is 3. The van der Waals surface area contributed by atoms with E-state index >= 15 is 0 Å². The van der Waals surface area contributed by atoms with E-state index in [1.807, 2.05) is 41.4 Å². The van der Waals surface area contributed by atoms with E-state index in [9.17, 15) is 4.79 Å². The van der Waals surface area contributed by atoms with Crippen LogP contribution in [0, 0.1) is 0 Å². The average Bonchev–Trinajstić information content (AvgIpc) is 3.56. The number of pyridine rings is 1. The SMILES string of the molecule is O=C(c1cc(-c2ccco2)on1)N1CCN2Cc3ccncc3C21c1ccc(Cl)cc1. The van der Waals surface area contributed by atoms with Crippen LogP contribution in [0.5, 0.6) is 0 Å². The number of hydrogen-bond donors (Lipinski definition) is 0. The highest BCUT2D eigenvalue weighted by Gasteiger charge is 2.56. The number of halogens is 1. The van der Waals surface area contributed by atoms with Crippen LogP contribution in [-0.4, -0.2) is 38.9 Å². The highest BCUT2D eigenvalue weighted by atomic mass is 35.5. The summed E-state index contributed by atoms with van der Waals surface area (Å²) in [5.41, 5.74) is 2.58. The molecule has 0 radical (unpaired) electrons. The summed E-state index contributed by atoms with van der Waals surface area (Å²) in [5, 5.41) is 4.69. The molecule has 154 valence electrons. The summed E-state index contributed by atoms with van der Waals surface area (Å²) in [6.45, 7) is 2.02. The van der Waals surface area contributed by atoms with Gasteiger partial charge in [0.15, 0.2) is 17.1 Å². The van der Waals surface area contributed by atoms with Crippen molar-refractivity contribution in [2.75, 3.05) is 13.1 Å². The largest absolute Gasteiger partial charge is 0.461 e. The number of amides is 1. The Balaban J connectivity index is 1.48. The van der Waals surface area contributed by atoms with Gasteiger partial charge in [0.05, 0.1) is 6.26 Å². The fourth-order valence-corrected chi connectivity index (χ4v) is 4.90. The minimum atomic E-state index is -0.769. The van der Waals surface area contributed by atoms with Crippen LogP contribution in [0.1, 0.15) is 27.2 Å². The molecule has 1 atom stereocenters. The lowest BCUT2D eigenvalue weighted by Crippen LogP contribution is -2.50. The molecule has 0 aliphatic carbocycles. The van der Waals surface area contributed by atoms with E-state index in [0.717, 1.165) is 29.8 Å². The molecule has 0 saturated carbocycles. The number of rotatable bonds is 3. The van der Waals surface area contributed by atoms with Gasteiger partial charge in [-0.2, -0.15) is 0 Å². The molecule has 1 fully saturated rings. The Labute approximate surface area is 182 Å². The van der Waals surface area contributed by atoms with E-state index in [1.165, 1.54) is 0 Å². The third-order valence-electron chi connectivity index (χ3n) is 6.08. The molecular weight excluding hydrogens is 416 g/mol. The molecule has 3 aromatic heterocycles. The molecule has 0 N–H and O–H groups in total. The lowest BCUT2D eigenvalue weighted by Gasteiger charge is -2.40. The van der Waals surface area contributed by atoms with Crippen molar-refractivity contribution in [3.63, 3.8) is 0 Å². The predicted molar refractivity (Wildman–Crippen MR) is 112 cm³/mol. The van der Waals surface area contributed by atoms with Gasteiger partial charge in [0.2, 0.25) is 5.76 Å². The molecule has 0 bridgehead atoms. The molecule has 6 rings (SSSR count). The van der Waals surface area contributed by atoms with Crippen LogP contribution < -0.4 is 0 Å². The van der Waals surface area contributed by atoms with Crippen molar-refractivity contribution in [3.05, 3.63) is 94.6 Å². The van der Waals surface area contributed by atoms with Gasteiger partial charge in [-0.1, -0.05) is 28.9 Å². The first-order chi connectivity index (χ1) is 15.2.